The lowest BCUT2D eigenvalue weighted by Crippen LogP contribution is -2.47. The zero-order valence-electron chi connectivity index (χ0n) is 16.9. The molecular formula is C22H33N3O2. The molecule has 5 nitrogen and oxygen atoms in total. The van der Waals surface area contributed by atoms with Gasteiger partial charge in [-0.25, -0.2) is 0 Å². The highest BCUT2D eigenvalue weighted by molar-refractivity contribution is 5.82. The van der Waals surface area contributed by atoms with Crippen LogP contribution < -0.4 is 10.2 Å². The first-order chi connectivity index (χ1) is 12.8. The summed E-state index contributed by atoms with van der Waals surface area (Å²) in [5.74, 6) is 0.904. The Balaban J connectivity index is 1.40. The normalized spacial score (nSPS) is 21.4. The van der Waals surface area contributed by atoms with E-state index in [9.17, 15) is 9.59 Å². The summed E-state index contributed by atoms with van der Waals surface area (Å²) < 4.78 is 0. The van der Waals surface area contributed by atoms with Crippen molar-refractivity contribution in [1.82, 2.24) is 10.2 Å². The van der Waals surface area contributed by atoms with Crippen LogP contribution in [0.3, 0.4) is 0 Å². The van der Waals surface area contributed by atoms with Gasteiger partial charge in [0.1, 0.15) is 0 Å². The number of nitrogens with zero attached hydrogens (tertiary/aromatic N) is 2. The zero-order chi connectivity index (χ0) is 19.4. The molecule has 0 aliphatic carbocycles. The number of hydrogen-bond donors (Lipinski definition) is 1. The fourth-order valence-electron chi connectivity index (χ4n) is 4.08. The van der Waals surface area contributed by atoms with E-state index < -0.39 is 0 Å². The summed E-state index contributed by atoms with van der Waals surface area (Å²) in [6, 6.07) is 10.5. The van der Waals surface area contributed by atoms with Gasteiger partial charge in [0.2, 0.25) is 11.8 Å². The largest absolute Gasteiger partial charge is 0.371 e. The summed E-state index contributed by atoms with van der Waals surface area (Å²) in [7, 11) is 0. The first-order valence-electron chi connectivity index (χ1n) is 10.2. The Bertz CT molecular complexity index is 645. The van der Waals surface area contributed by atoms with Crippen LogP contribution in [0.1, 0.15) is 40.0 Å². The van der Waals surface area contributed by atoms with Crippen molar-refractivity contribution in [2.75, 3.05) is 37.6 Å². The zero-order valence-corrected chi connectivity index (χ0v) is 16.9. The van der Waals surface area contributed by atoms with Crippen LogP contribution in [0.15, 0.2) is 30.3 Å². The molecule has 0 radical (unpaired) electrons. The minimum Gasteiger partial charge on any atom is -0.371 e. The van der Waals surface area contributed by atoms with Gasteiger partial charge in [-0.05, 0) is 37.3 Å². The molecule has 1 N–H and O–H groups in total. The standard InChI is InChI=1S/C22H33N3O2/c1-22(2,3)21(27)24-13-10-18(11-14-24)20(26)23-15-17-9-12-25(16-17)19-7-5-4-6-8-19/h4-8,17-18H,9-16H2,1-3H3,(H,23,26). The van der Waals surface area contributed by atoms with Crippen LogP contribution in [0.25, 0.3) is 0 Å². The van der Waals surface area contributed by atoms with Crippen LogP contribution in [-0.2, 0) is 9.59 Å². The minimum atomic E-state index is -0.345. The number of likely N-dealkylation sites (tertiary alicyclic amines) is 1. The van der Waals surface area contributed by atoms with Crippen molar-refractivity contribution in [2.24, 2.45) is 17.3 Å². The molecule has 2 heterocycles. The summed E-state index contributed by atoms with van der Waals surface area (Å²) in [6.07, 6.45) is 2.66. The number of amides is 2. The molecule has 2 amide bonds. The molecule has 0 aromatic heterocycles. The number of benzene rings is 1. The lowest BCUT2D eigenvalue weighted by atomic mass is 9.90. The van der Waals surface area contributed by atoms with Crippen LogP contribution in [0.4, 0.5) is 5.69 Å². The van der Waals surface area contributed by atoms with E-state index in [1.54, 1.807) is 0 Å². The Morgan fingerprint density at radius 3 is 2.33 bits per heavy atom. The van der Waals surface area contributed by atoms with Crippen molar-refractivity contribution in [1.29, 1.82) is 0 Å². The third-order valence-electron chi connectivity index (χ3n) is 5.77. The van der Waals surface area contributed by atoms with E-state index in [0.717, 1.165) is 38.9 Å². The molecule has 0 spiro atoms. The lowest BCUT2D eigenvalue weighted by molar-refractivity contribution is -0.142. The van der Waals surface area contributed by atoms with E-state index in [-0.39, 0.29) is 23.1 Å². The molecule has 2 saturated heterocycles. The van der Waals surface area contributed by atoms with Gasteiger partial charge >= 0.3 is 0 Å². The first-order valence-corrected chi connectivity index (χ1v) is 10.2. The summed E-state index contributed by atoms with van der Waals surface area (Å²) in [5, 5.41) is 3.17. The Morgan fingerprint density at radius 2 is 1.70 bits per heavy atom. The molecule has 1 aromatic carbocycles. The fraction of sp³-hybridized carbons (Fsp3) is 0.636. The lowest BCUT2D eigenvalue weighted by Gasteiger charge is -2.35. The summed E-state index contributed by atoms with van der Waals surface area (Å²) in [6.45, 7) is 10.1. The fourth-order valence-corrected chi connectivity index (χ4v) is 4.08. The van der Waals surface area contributed by atoms with E-state index in [2.05, 4.69) is 34.5 Å². The van der Waals surface area contributed by atoms with Gasteiger partial charge in [-0.3, -0.25) is 9.59 Å². The van der Waals surface area contributed by atoms with Gasteiger partial charge < -0.3 is 15.1 Å². The number of carbonyl (C=O) groups is 2. The van der Waals surface area contributed by atoms with Gasteiger partial charge in [0.25, 0.3) is 0 Å². The summed E-state index contributed by atoms with van der Waals surface area (Å²) in [4.78, 5) is 29.2. The molecule has 3 rings (SSSR count). The number of nitrogens with one attached hydrogen (secondary N) is 1. The van der Waals surface area contributed by atoms with Gasteiger partial charge in [0, 0.05) is 49.7 Å². The third kappa shape index (κ3) is 5.02. The highest BCUT2D eigenvalue weighted by Crippen LogP contribution is 2.25. The second kappa shape index (κ2) is 8.32. The molecule has 2 aliphatic rings. The van der Waals surface area contributed by atoms with E-state index in [4.69, 9.17) is 0 Å². The molecule has 0 saturated carbocycles. The topological polar surface area (TPSA) is 52.7 Å². The Labute approximate surface area is 163 Å². The summed E-state index contributed by atoms with van der Waals surface area (Å²) >= 11 is 0. The Morgan fingerprint density at radius 1 is 1.04 bits per heavy atom. The van der Waals surface area contributed by atoms with Crippen molar-refractivity contribution in [3.05, 3.63) is 30.3 Å². The first kappa shape index (κ1) is 19.7. The second-order valence-electron chi connectivity index (χ2n) is 9.00. The van der Waals surface area contributed by atoms with Crippen LogP contribution in [0.5, 0.6) is 0 Å². The highest BCUT2D eigenvalue weighted by Gasteiger charge is 2.32. The van der Waals surface area contributed by atoms with Crippen molar-refractivity contribution >= 4 is 17.5 Å². The van der Waals surface area contributed by atoms with Gasteiger partial charge in [-0.1, -0.05) is 39.0 Å². The van der Waals surface area contributed by atoms with Gasteiger partial charge in [-0.2, -0.15) is 0 Å². The van der Waals surface area contributed by atoms with Crippen molar-refractivity contribution in [3.8, 4) is 0 Å². The second-order valence-corrected chi connectivity index (χ2v) is 9.00. The number of carbonyl (C=O) groups excluding carboxylic acids is 2. The average molecular weight is 372 g/mol. The molecule has 2 aliphatic heterocycles. The molecule has 148 valence electrons. The van der Waals surface area contributed by atoms with Crippen LogP contribution in [-0.4, -0.2) is 49.4 Å². The molecule has 2 fully saturated rings. The van der Waals surface area contributed by atoms with Crippen molar-refractivity contribution in [2.45, 2.75) is 40.0 Å². The van der Waals surface area contributed by atoms with Gasteiger partial charge in [0.05, 0.1) is 0 Å². The average Bonchev–Trinajstić information content (AvgIpc) is 3.15. The number of rotatable bonds is 4. The monoisotopic (exact) mass is 371 g/mol. The van der Waals surface area contributed by atoms with E-state index >= 15 is 0 Å². The number of anilines is 1. The van der Waals surface area contributed by atoms with E-state index in [1.807, 2.05) is 31.7 Å². The van der Waals surface area contributed by atoms with Crippen LogP contribution >= 0.6 is 0 Å². The quantitative estimate of drug-likeness (QED) is 0.885. The van der Waals surface area contributed by atoms with Gasteiger partial charge in [-0.15, -0.1) is 0 Å². The highest BCUT2D eigenvalue weighted by atomic mass is 16.2. The van der Waals surface area contributed by atoms with E-state index in [0.29, 0.717) is 19.0 Å². The molecular weight excluding hydrogens is 338 g/mol. The smallest absolute Gasteiger partial charge is 0.227 e. The molecule has 0 bridgehead atoms. The molecule has 1 aromatic rings. The predicted octanol–water partition coefficient (Wildman–Crippen LogP) is 2.91. The predicted molar refractivity (Wildman–Crippen MR) is 109 cm³/mol. The summed E-state index contributed by atoms with van der Waals surface area (Å²) in [5.41, 5.74) is 0.921. The Kier molecular flexibility index (Phi) is 6.08. The minimum absolute atomic E-state index is 0.0423. The van der Waals surface area contributed by atoms with Gasteiger partial charge in [0.15, 0.2) is 0 Å². The third-order valence-corrected chi connectivity index (χ3v) is 5.77. The Hall–Kier alpha value is -2.04. The van der Waals surface area contributed by atoms with Crippen molar-refractivity contribution < 1.29 is 9.59 Å². The SMILES string of the molecule is CC(C)(C)C(=O)N1CCC(C(=O)NCC2CCN(c3ccccc3)C2)CC1. The van der Waals surface area contributed by atoms with E-state index in [1.165, 1.54) is 5.69 Å². The number of piperidine rings is 1. The molecule has 1 unspecified atom stereocenters. The maximum atomic E-state index is 12.6. The molecule has 1 atom stereocenters. The van der Waals surface area contributed by atoms with Crippen LogP contribution in [0, 0.1) is 17.3 Å². The molecule has 27 heavy (non-hydrogen) atoms. The number of hydrogen-bond acceptors (Lipinski definition) is 3. The maximum Gasteiger partial charge on any atom is 0.227 e. The van der Waals surface area contributed by atoms with Crippen LogP contribution in [0.2, 0.25) is 0 Å². The molecule has 5 heteroatoms. The van der Waals surface area contributed by atoms with Crippen molar-refractivity contribution in [3.63, 3.8) is 0 Å². The number of para-hydroxylation sites is 1. The maximum absolute atomic E-state index is 12.6.